The van der Waals surface area contributed by atoms with Crippen molar-refractivity contribution in [1.29, 1.82) is 0 Å². The van der Waals surface area contributed by atoms with Crippen LogP contribution in [-0.2, 0) is 18.9 Å². The highest BCUT2D eigenvalue weighted by atomic mass is 16.7. The Labute approximate surface area is 208 Å². The van der Waals surface area contributed by atoms with Crippen molar-refractivity contribution in [2.75, 3.05) is 13.2 Å². The molecule has 0 aromatic rings. The van der Waals surface area contributed by atoms with Crippen molar-refractivity contribution in [2.24, 2.45) is 11.8 Å². The second kappa shape index (κ2) is 19.8. The van der Waals surface area contributed by atoms with E-state index in [-0.39, 0.29) is 12.2 Å². The molecular weight excluding hydrogens is 432 g/mol. The predicted molar refractivity (Wildman–Crippen MR) is 136 cm³/mol. The standard InChI is InChI=1S/C28H52O6/c1-23(2)16-11-9-7-5-6-8-10-13-20-31-27(29)33-25-18-15-19-26(22-25)34-28(30)32-21-14-12-17-24(3)4/h23-26H,5-22H2,1-4H3. The first-order chi connectivity index (χ1) is 16.4. The first-order valence-electron chi connectivity index (χ1n) is 14.0. The molecular formula is C28H52O6. The summed E-state index contributed by atoms with van der Waals surface area (Å²) in [6.45, 7) is 9.74. The molecule has 1 aliphatic carbocycles. The van der Waals surface area contributed by atoms with Crippen LogP contribution in [0.25, 0.3) is 0 Å². The van der Waals surface area contributed by atoms with E-state index in [1.165, 1.54) is 44.9 Å². The van der Waals surface area contributed by atoms with Crippen LogP contribution in [0.4, 0.5) is 9.59 Å². The number of rotatable bonds is 18. The number of carbonyl (C=O) groups is 2. The minimum atomic E-state index is -0.617. The fourth-order valence-corrected chi connectivity index (χ4v) is 4.34. The highest BCUT2D eigenvalue weighted by molar-refractivity contribution is 5.60. The molecule has 0 spiro atoms. The lowest BCUT2D eigenvalue weighted by molar-refractivity contribution is -0.0350. The fraction of sp³-hybridized carbons (Fsp3) is 0.929. The van der Waals surface area contributed by atoms with E-state index in [0.29, 0.717) is 25.6 Å². The van der Waals surface area contributed by atoms with Gasteiger partial charge in [-0.2, -0.15) is 0 Å². The highest BCUT2D eigenvalue weighted by Crippen LogP contribution is 2.24. The van der Waals surface area contributed by atoms with Crippen molar-refractivity contribution in [2.45, 2.75) is 143 Å². The molecule has 0 saturated heterocycles. The van der Waals surface area contributed by atoms with Crippen LogP contribution in [0.3, 0.4) is 0 Å². The number of ether oxygens (including phenoxy) is 4. The maximum absolute atomic E-state index is 12.0. The smallest absolute Gasteiger partial charge is 0.434 e. The van der Waals surface area contributed by atoms with Crippen LogP contribution >= 0.6 is 0 Å². The van der Waals surface area contributed by atoms with Crippen LogP contribution in [0.1, 0.15) is 130 Å². The van der Waals surface area contributed by atoms with Crippen molar-refractivity contribution >= 4 is 12.3 Å². The van der Waals surface area contributed by atoms with E-state index in [1.54, 1.807) is 0 Å². The lowest BCUT2D eigenvalue weighted by Crippen LogP contribution is -2.32. The molecule has 34 heavy (non-hydrogen) atoms. The fourth-order valence-electron chi connectivity index (χ4n) is 4.34. The first kappa shape index (κ1) is 30.6. The molecule has 0 amide bonds. The van der Waals surface area contributed by atoms with Gasteiger partial charge in [0.1, 0.15) is 12.2 Å². The van der Waals surface area contributed by atoms with Gasteiger partial charge in [-0.25, -0.2) is 9.59 Å². The van der Waals surface area contributed by atoms with Crippen molar-refractivity contribution in [3.05, 3.63) is 0 Å². The third-order valence-corrected chi connectivity index (χ3v) is 6.40. The molecule has 1 aliphatic rings. The number of hydrogen-bond acceptors (Lipinski definition) is 6. The maximum atomic E-state index is 12.0. The van der Waals surface area contributed by atoms with Crippen LogP contribution in [0.5, 0.6) is 0 Å². The van der Waals surface area contributed by atoms with Gasteiger partial charge in [0.25, 0.3) is 0 Å². The lowest BCUT2D eigenvalue weighted by atomic mass is 9.95. The molecule has 6 heteroatoms. The topological polar surface area (TPSA) is 71.1 Å². The summed E-state index contributed by atoms with van der Waals surface area (Å²) >= 11 is 0. The Balaban J connectivity index is 2.01. The third-order valence-electron chi connectivity index (χ3n) is 6.40. The third kappa shape index (κ3) is 17.9. The highest BCUT2D eigenvalue weighted by Gasteiger charge is 2.28. The second-order valence-electron chi connectivity index (χ2n) is 10.7. The summed E-state index contributed by atoms with van der Waals surface area (Å²) in [5.41, 5.74) is 0. The van der Waals surface area contributed by atoms with Gasteiger partial charge in [-0.1, -0.05) is 85.5 Å². The zero-order chi connectivity index (χ0) is 25.0. The second-order valence-corrected chi connectivity index (χ2v) is 10.7. The molecule has 1 rings (SSSR count). The summed E-state index contributed by atoms with van der Waals surface area (Å²) in [6.07, 6.45) is 15.3. The molecule has 0 aromatic heterocycles. The minimum Gasteiger partial charge on any atom is -0.434 e. The normalized spacial score (nSPS) is 18.2. The molecule has 0 N–H and O–H groups in total. The van der Waals surface area contributed by atoms with E-state index in [1.807, 2.05) is 0 Å². The average molecular weight is 485 g/mol. The Morgan fingerprint density at radius 2 is 1.00 bits per heavy atom. The first-order valence-corrected chi connectivity index (χ1v) is 14.0. The zero-order valence-electron chi connectivity index (χ0n) is 22.5. The molecule has 2 atom stereocenters. The largest absolute Gasteiger partial charge is 0.508 e. The Kier molecular flexibility index (Phi) is 17.8. The van der Waals surface area contributed by atoms with Gasteiger partial charge in [0.15, 0.2) is 0 Å². The molecule has 200 valence electrons. The molecule has 1 fully saturated rings. The van der Waals surface area contributed by atoms with E-state index in [0.717, 1.165) is 57.3 Å². The van der Waals surface area contributed by atoms with Crippen molar-refractivity contribution in [3.63, 3.8) is 0 Å². The number of hydrogen-bond donors (Lipinski definition) is 0. The summed E-state index contributed by atoms with van der Waals surface area (Å²) in [7, 11) is 0. The zero-order valence-corrected chi connectivity index (χ0v) is 22.5. The van der Waals surface area contributed by atoms with Gasteiger partial charge in [0, 0.05) is 6.42 Å². The van der Waals surface area contributed by atoms with Crippen LogP contribution in [0, 0.1) is 11.8 Å². The Morgan fingerprint density at radius 1 is 0.618 bits per heavy atom. The summed E-state index contributed by atoms with van der Waals surface area (Å²) in [6, 6.07) is 0. The molecule has 0 aliphatic heterocycles. The van der Waals surface area contributed by atoms with Crippen LogP contribution in [-0.4, -0.2) is 37.7 Å². The minimum absolute atomic E-state index is 0.263. The lowest BCUT2D eigenvalue weighted by Gasteiger charge is -2.28. The SMILES string of the molecule is CC(C)CCCCCCCCCCOC(=O)OC1CCCC(OC(=O)OCCCCC(C)C)C1. The summed E-state index contributed by atoms with van der Waals surface area (Å²) in [4.78, 5) is 23.9. The molecule has 1 saturated carbocycles. The van der Waals surface area contributed by atoms with Crippen molar-refractivity contribution in [3.8, 4) is 0 Å². The van der Waals surface area contributed by atoms with Gasteiger partial charge in [0.2, 0.25) is 0 Å². The van der Waals surface area contributed by atoms with Crippen LogP contribution in [0.15, 0.2) is 0 Å². The van der Waals surface area contributed by atoms with E-state index in [4.69, 9.17) is 18.9 Å². The summed E-state index contributed by atoms with van der Waals surface area (Å²) in [5, 5.41) is 0. The maximum Gasteiger partial charge on any atom is 0.508 e. The number of carbonyl (C=O) groups excluding carboxylic acids is 2. The van der Waals surface area contributed by atoms with Gasteiger partial charge in [-0.15, -0.1) is 0 Å². The summed E-state index contributed by atoms with van der Waals surface area (Å²) < 4.78 is 21.3. The van der Waals surface area contributed by atoms with Crippen LogP contribution in [0.2, 0.25) is 0 Å². The molecule has 0 heterocycles. The molecule has 0 bridgehead atoms. The Hall–Kier alpha value is -1.46. The van der Waals surface area contributed by atoms with Gasteiger partial charge in [-0.3, -0.25) is 0 Å². The van der Waals surface area contributed by atoms with Gasteiger partial charge < -0.3 is 18.9 Å². The monoisotopic (exact) mass is 484 g/mol. The van der Waals surface area contributed by atoms with E-state index in [9.17, 15) is 9.59 Å². The quantitative estimate of drug-likeness (QED) is 0.143. The molecule has 0 aromatic carbocycles. The van der Waals surface area contributed by atoms with E-state index >= 15 is 0 Å². The Bertz CT molecular complexity index is 519. The van der Waals surface area contributed by atoms with E-state index in [2.05, 4.69) is 27.7 Å². The van der Waals surface area contributed by atoms with Gasteiger partial charge >= 0.3 is 12.3 Å². The van der Waals surface area contributed by atoms with E-state index < -0.39 is 12.3 Å². The van der Waals surface area contributed by atoms with Crippen molar-refractivity contribution in [1.82, 2.24) is 0 Å². The van der Waals surface area contributed by atoms with Crippen LogP contribution < -0.4 is 0 Å². The molecule has 0 radical (unpaired) electrons. The molecule has 2 unspecified atom stereocenters. The molecule has 6 nitrogen and oxygen atoms in total. The van der Waals surface area contributed by atoms with Gasteiger partial charge in [0.05, 0.1) is 13.2 Å². The average Bonchev–Trinajstić information content (AvgIpc) is 2.77. The van der Waals surface area contributed by atoms with Crippen molar-refractivity contribution < 1.29 is 28.5 Å². The number of unbranched alkanes of at least 4 members (excludes halogenated alkanes) is 8. The summed E-state index contributed by atoms with van der Waals surface area (Å²) in [5.74, 6) is 1.48. The van der Waals surface area contributed by atoms with Gasteiger partial charge in [-0.05, 0) is 50.4 Å². The Morgan fingerprint density at radius 3 is 1.47 bits per heavy atom. The predicted octanol–water partition coefficient (Wildman–Crippen LogP) is 8.60.